The van der Waals surface area contributed by atoms with E-state index in [0.29, 0.717) is 0 Å². The lowest BCUT2D eigenvalue weighted by Crippen LogP contribution is -2.13. The monoisotopic (exact) mass is 798 g/mol. The van der Waals surface area contributed by atoms with Crippen LogP contribution in [0, 0.1) is 0 Å². The summed E-state index contributed by atoms with van der Waals surface area (Å²) in [6.45, 7) is 0. The van der Waals surface area contributed by atoms with E-state index in [-0.39, 0.29) is 0 Å². The smallest absolute Gasteiger partial charge is 0.168 e. The molecule has 0 saturated carbocycles. The highest BCUT2D eigenvalue weighted by Crippen LogP contribution is 2.42. The van der Waals surface area contributed by atoms with Crippen LogP contribution in [0.1, 0.15) is 0 Å². The number of hydrogen-bond acceptors (Lipinski definition) is 5. The van der Waals surface area contributed by atoms with Crippen molar-refractivity contribution in [3.63, 3.8) is 0 Å². The summed E-state index contributed by atoms with van der Waals surface area (Å²) in [5, 5.41) is 9.49. The molecule has 0 radical (unpaired) electrons. The SMILES string of the molecule is c1ccc(-c2nnc(-c3ccc(N(c4ccc(N(c5ccccc5)c5ccccc5)cc4)c4ccc(N(c5ccccc5)c5ccccc5)cc4)cc3)n2-c2ccccc2)cc1. The van der Waals surface area contributed by atoms with Crippen LogP contribution < -0.4 is 14.7 Å². The van der Waals surface area contributed by atoms with Crippen molar-refractivity contribution in [2.24, 2.45) is 0 Å². The Bertz CT molecular complexity index is 2750. The first-order chi connectivity index (χ1) is 30.8. The van der Waals surface area contributed by atoms with Crippen molar-refractivity contribution in [1.82, 2.24) is 14.8 Å². The first-order valence-corrected chi connectivity index (χ1v) is 20.8. The molecule has 0 bridgehead atoms. The molecular weight excluding hydrogens is 757 g/mol. The maximum absolute atomic E-state index is 4.77. The third kappa shape index (κ3) is 7.72. The van der Waals surface area contributed by atoms with Gasteiger partial charge >= 0.3 is 0 Å². The van der Waals surface area contributed by atoms with E-state index in [1.807, 2.05) is 36.4 Å². The van der Waals surface area contributed by atoms with Crippen molar-refractivity contribution in [2.75, 3.05) is 14.7 Å². The Labute approximate surface area is 362 Å². The third-order valence-electron chi connectivity index (χ3n) is 10.9. The van der Waals surface area contributed by atoms with Crippen LogP contribution in [0.2, 0.25) is 0 Å². The molecule has 0 N–H and O–H groups in total. The lowest BCUT2D eigenvalue weighted by atomic mass is 10.1. The molecule has 0 atom stereocenters. The van der Waals surface area contributed by atoms with E-state index in [1.165, 1.54) is 0 Å². The van der Waals surface area contributed by atoms with Crippen LogP contribution in [0.3, 0.4) is 0 Å². The lowest BCUT2D eigenvalue weighted by Gasteiger charge is -2.29. The van der Waals surface area contributed by atoms with E-state index in [1.54, 1.807) is 0 Å². The molecule has 0 unspecified atom stereocenters. The van der Waals surface area contributed by atoms with Gasteiger partial charge in [0, 0.05) is 68.0 Å². The van der Waals surface area contributed by atoms with Gasteiger partial charge in [-0.05, 0) is 133 Å². The van der Waals surface area contributed by atoms with Crippen LogP contribution in [0.25, 0.3) is 28.5 Å². The van der Waals surface area contributed by atoms with Gasteiger partial charge in [0.05, 0.1) is 0 Å². The third-order valence-corrected chi connectivity index (χ3v) is 10.9. The fourth-order valence-electron chi connectivity index (χ4n) is 7.98. The van der Waals surface area contributed by atoms with Gasteiger partial charge in [-0.1, -0.05) is 121 Å². The maximum Gasteiger partial charge on any atom is 0.168 e. The highest BCUT2D eigenvalue weighted by molar-refractivity contribution is 5.84. The van der Waals surface area contributed by atoms with Gasteiger partial charge in [-0.2, -0.15) is 0 Å². The zero-order valence-electron chi connectivity index (χ0n) is 33.9. The molecule has 0 aliphatic heterocycles. The second kappa shape index (κ2) is 17.4. The van der Waals surface area contributed by atoms with Crippen LogP contribution in [0.4, 0.5) is 51.2 Å². The molecule has 0 amide bonds. The van der Waals surface area contributed by atoms with E-state index >= 15 is 0 Å². The van der Waals surface area contributed by atoms with Crippen LogP contribution in [-0.2, 0) is 0 Å². The number of nitrogens with zero attached hydrogens (tertiary/aromatic N) is 6. The van der Waals surface area contributed by atoms with Crippen molar-refractivity contribution in [3.05, 3.63) is 255 Å². The zero-order chi connectivity index (χ0) is 41.5. The number of para-hydroxylation sites is 5. The van der Waals surface area contributed by atoms with Gasteiger partial charge in [-0.25, -0.2) is 0 Å². The van der Waals surface area contributed by atoms with Crippen LogP contribution in [0.5, 0.6) is 0 Å². The quantitative estimate of drug-likeness (QED) is 0.123. The molecular formula is C56H42N6. The average molecular weight is 799 g/mol. The number of hydrogen-bond donors (Lipinski definition) is 0. The highest BCUT2D eigenvalue weighted by atomic mass is 15.3. The number of aromatic nitrogens is 3. The maximum atomic E-state index is 4.77. The molecule has 0 spiro atoms. The minimum absolute atomic E-state index is 0.769. The van der Waals surface area contributed by atoms with Gasteiger partial charge in [0.25, 0.3) is 0 Å². The van der Waals surface area contributed by atoms with E-state index in [9.17, 15) is 0 Å². The Morgan fingerprint density at radius 2 is 0.452 bits per heavy atom. The fraction of sp³-hybridized carbons (Fsp3) is 0. The van der Waals surface area contributed by atoms with Crippen molar-refractivity contribution >= 4 is 51.2 Å². The molecule has 0 aliphatic rings. The van der Waals surface area contributed by atoms with Gasteiger partial charge in [-0.15, -0.1) is 10.2 Å². The number of benzene rings is 9. The Hall–Kier alpha value is -8.48. The number of rotatable bonds is 12. The summed E-state index contributed by atoms with van der Waals surface area (Å²) in [4.78, 5) is 6.87. The predicted octanol–water partition coefficient (Wildman–Crippen LogP) is 15.0. The second-order valence-electron chi connectivity index (χ2n) is 14.8. The Kier molecular flexibility index (Phi) is 10.6. The first-order valence-electron chi connectivity index (χ1n) is 20.8. The molecule has 1 heterocycles. The Morgan fingerprint density at radius 3 is 0.758 bits per heavy atom. The molecule has 0 aliphatic carbocycles. The van der Waals surface area contributed by atoms with Crippen molar-refractivity contribution < 1.29 is 0 Å². The summed E-state index contributed by atoms with van der Waals surface area (Å²) in [5.41, 5.74) is 12.5. The summed E-state index contributed by atoms with van der Waals surface area (Å²) in [7, 11) is 0. The lowest BCUT2D eigenvalue weighted by molar-refractivity contribution is 1.07. The molecule has 9 aromatic carbocycles. The summed E-state index contributed by atoms with van der Waals surface area (Å²) in [6, 6.07) is 88.8. The molecule has 296 valence electrons. The molecule has 10 rings (SSSR count). The van der Waals surface area contributed by atoms with Gasteiger partial charge < -0.3 is 14.7 Å². The van der Waals surface area contributed by atoms with Crippen molar-refractivity contribution in [3.8, 4) is 28.5 Å². The molecule has 62 heavy (non-hydrogen) atoms. The van der Waals surface area contributed by atoms with Gasteiger partial charge in [-0.3, -0.25) is 4.57 Å². The van der Waals surface area contributed by atoms with Crippen molar-refractivity contribution in [1.29, 1.82) is 0 Å². The summed E-state index contributed by atoms with van der Waals surface area (Å²) in [5.74, 6) is 1.56. The molecule has 6 nitrogen and oxygen atoms in total. The van der Waals surface area contributed by atoms with Crippen LogP contribution in [-0.4, -0.2) is 14.8 Å². The van der Waals surface area contributed by atoms with Gasteiger partial charge in [0.1, 0.15) is 0 Å². The average Bonchev–Trinajstić information content (AvgIpc) is 3.81. The van der Waals surface area contributed by atoms with Gasteiger partial charge in [0.15, 0.2) is 11.6 Å². The minimum atomic E-state index is 0.769. The second-order valence-corrected chi connectivity index (χ2v) is 14.8. The molecule has 10 aromatic rings. The minimum Gasteiger partial charge on any atom is -0.311 e. The zero-order valence-corrected chi connectivity index (χ0v) is 33.9. The topological polar surface area (TPSA) is 40.4 Å². The molecule has 0 saturated heterocycles. The van der Waals surface area contributed by atoms with E-state index in [4.69, 9.17) is 10.2 Å². The Morgan fingerprint density at radius 1 is 0.226 bits per heavy atom. The van der Waals surface area contributed by atoms with E-state index in [2.05, 4.69) is 238 Å². The van der Waals surface area contributed by atoms with E-state index in [0.717, 1.165) is 79.6 Å². The summed E-state index contributed by atoms with van der Waals surface area (Å²) < 4.78 is 2.13. The predicted molar refractivity (Wildman–Crippen MR) is 256 cm³/mol. The molecule has 0 fully saturated rings. The first kappa shape index (κ1) is 37.8. The van der Waals surface area contributed by atoms with E-state index < -0.39 is 0 Å². The Balaban J connectivity index is 1.06. The molecule has 1 aromatic heterocycles. The highest BCUT2D eigenvalue weighted by Gasteiger charge is 2.20. The largest absolute Gasteiger partial charge is 0.311 e. The summed E-state index contributed by atoms with van der Waals surface area (Å²) >= 11 is 0. The number of anilines is 9. The molecule has 6 heteroatoms. The van der Waals surface area contributed by atoms with Crippen molar-refractivity contribution in [2.45, 2.75) is 0 Å². The van der Waals surface area contributed by atoms with Crippen LogP contribution in [0.15, 0.2) is 255 Å². The fourth-order valence-corrected chi connectivity index (χ4v) is 7.98. The summed E-state index contributed by atoms with van der Waals surface area (Å²) in [6.07, 6.45) is 0. The standard InChI is InChI=1S/C56H42N6/c1-7-19-43(20-8-1)55-57-58-56(62(55)49-29-17-6-18-30-49)44-31-33-50(34-32-44)61(53-39-35-51(36-40-53)59(45-21-9-2-10-22-45)46-23-11-3-12-24-46)54-41-37-52(38-42-54)60(47-25-13-4-14-26-47)48-27-15-5-16-28-48/h1-42H. The normalized spacial score (nSPS) is 10.9. The van der Waals surface area contributed by atoms with Crippen LogP contribution >= 0.6 is 0 Å². The van der Waals surface area contributed by atoms with Gasteiger partial charge in [0.2, 0.25) is 0 Å².